The molecular weight excluding hydrogens is 290 g/mol. The van der Waals surface area contributed by atoms with E-state index in [9.17, 15) is 5.11 Å². The average molecular weight is 315 g/mol. The molecule has 1 aromatic rings. The molecule has 4 heteroatoms. The summed E-state index contributed by atoms with van der Waals surface area (Å²) >= 11 is 0. The van der Waals surface area contributed by atoms with Crippen molar-refractivity contribution in [3.8, 4) is 5.75 Å². The summed E-state index contributed by atoms with van der Waals surface area (Å²) in [7, 11) is 3.96. The van der Waals surface area contributed by atoms with Crippen LogP contribution in [-0.4, -0.2) is 55.1 Å². The molecular formula is C19H25NO3. The molecule has 5 rings (SSSR count). The van der Waals surface area contributed by atoms with Crippen LogP contribution in [0, 0.1) is 12.8 Å². The van der Waals surface area contributed by atoms with E-state index in [0.29, 0.717) is 12.0 Å². The van der Waals surface area contributed by atoms with Crippen LogP contribution in [0.5, 0.6) is 5.75 Å². The number of hydrogen-bond acceptors (Lipinski definition) is 4. The lowest BCUT2D eigenvalue weighted by Crippen LogP contribution is -2.69. The Morgan fingerprint density at radius 2 is 2.22 bits per heavy atom. The fraction of sp³-hybridized carbons (Fsp3) is 0.684. The van der Waals surface area contributed by atoms with Gasteiger partial charge in [-0.3, -0.25) is 0 Å². The second kappa shape index (κ2) is 4.50. The van der Waals surface area contributed by atoms with E-state index in [1.807, 2.05) is 0 Å². The molecule has 1 unspecified atom stereocenters. The minimum Gasteiger partial charge on any atom is -0.486 e. The molecule has 124 valence electrons. The number of piperidine rings is 1. The van der Waals surface area contributed by atoms with Gasteiger partial charge in [-0.05, 0) is 56.8 Å². The number of aliphatic hydroxyl groups excluding tert-OH is 1. The van der Waals surface area contributed by atoms with E-state index in [4.69, 9.17) is 9.47 Å². The summed E-state index contributed by atoms with van der Waals surface area (Å²) in [6, 6.07) is 5.00. The van der Waals surface area contributed by atoms with E-state index in [0.717, 1.165) is 31.6 Å². The molecule has 1 saturated heterocycles. The first kappa shape index (κ1) is 14.3. The van der Waals surface area contributed by atoms with Gasteiger partial charge in [0.05, 0.1) is 6.10 Å². The molecule has 0 aromatic heterocycles. The lowest BCUT2D eigenvalue weighted by atomic mass is 9.51. The van der Waals surface area contributed by atoms with Crippen LogP contribution in [0.1, 0.15) is 29.5 Å². The van der Waals surface area contributed by atoms with Crippen LogP contribution in [0.2, 0.25) is 0 Å². The van der Waals surface area contributed by atoms with Crippen LogP contribution in [-0.2, 0) is 16.6 Å². The number of likely N-dealkylation sites (tertiary alicyclic amines) is 1. The number of rotatable bonds is 1. The summed E-state index contributed by atoms with van der Waals surface area (Å²) in [5, 5.41) is 10.9. The summed E-state index contributed by atoms with van der Waals surface area (Å²) in [5.74, 6) is 1.56. The van der Waals surface area contributed by atoms with Gasteiger partial charge in [-0.1, -0.05) is 12.1 Å². The molecule has 4 aliphatic rings. The van der Waals surface area contributed by atoms with E-state index < -0.39 is 6.10 Å². The van der Waals surface area contributed by atoms with E-state index >= 15 is 0 Å². The normalized spacial score (nSPS) is 43.9. The van der Waals surface area contributed by atoms with Crippen molar-refractivity contribution >= 4 is 0 Å². The maximum atomic E-state index is 10.9. The Hall–Kier alpha value is -1.10. The van der Waals surface area contributed by atoms with Gasteiger partial charge in [-0.15, -0.1) is 0 Å². The minimum atomic E-state index is -0.543. The minimum absolute atomic E-state index is 0.0133. The predicted octanol–water partition coefficient (Wildman–Crippen LogP) is 1.65. The van der Waals surface area contributed by atoms with Crippen LogP contribution in [0.25, 0.3) is 0 Å². The van der Waals surface area contributed by atoms with Crippen LogP contribution < -0.4 is 4.74 Å². The lowest BCUT2D eigenvalue weighted by molar-refractivity contribution is -0.159. The summed E-state index contributed by atoms with van der Waals surface area (Å²) in [5.41, 5.74) is 4.04. The number of aliphatic hydroxyl groups is 1. The zero-order chi connectivity index (χ0) is 15.9. The highest BCUT2D eigenvalue weighted by Crippen LogP contribution is 2.62. The summed E-state index contributed by atoms with van der Waals surface area (Å²) < 4.78 is 12.1. The number of likely N-dealkylation sites (N-methyl/N-ethyl adjacent to an activating group) is 1. The first-order valence-electron chi connectivity index (χ1n) is 8.78. The van der Waals surface area contributed by atoms with E-state index in [-0.39, 0.29) is 17.6 Å². The highest BCUT2D eigenvalue weighted by molar-refractivity contribution is 5.58. The van der Waals surface area contributed by atoms with E-state index in [2.05, 4.69) is 31.0 Å². The van der Waals surface area contributed by atoms with Crippen molar-refractivity contribution in [1.82, 2.24) is 4.90 Å². The summed E-state index contributed by atoms with van der Waals surface area (Å²) in [6.07, 6.45) is 2.28. The predicted molar refractivity (Wildman–Crippen MR) is 86.9 cm³/mol. The van der Waals surface area contributed by atoms with Gasteiger partial charge in [-0.2, -0.15) is 0 Å². The quantitative estimate of drug-likeness (QED) is 0.856. The molecule has 0 radical (unpaired) electrons. The number of nitrogens with zero attached hydrogens (tertiary/aromatic N) is 1. The average Bonchev–Trinajstić information content (AvgIpc) is 2.90. The lowest BCUT2D eigenvalue weighted by Gasteiger charge is -2.59. The smallest absolute Gasteiger partial charge is 0.137 e. The maximum absolute atomic E-state index is 10.9. The van der Waals surface area contributed by atoms with Gasteiger partial charge < -0.3 is 19.5 Å². The van der Waals surface area contributed by atoms with Gasteiger partial charge in [0, 0.05) is 24.1 Å². The fourth-order valence-electron chi connectivity index (χ4n) is 6.05. The zero-order valence-electron chi connectivity index (χ0n) is 14.1. The second-order valence-electron chi connectivity index (χ2n) is 7.93. The maximum Gasteiger partial charge on any atom is 0.137 e. The van der Waals surface area contributed by atoms with Gasteiger partial charge in [0.25, 0.3) is 0 Å². The molecule has 2 fully saturated rings. The molecule has 2 aliphatic carbocycles. The number of benzene rings is 1. The highest BCUT2D eigenvalue weighted by atomic mass is 16.5. The van der Waals surface area contributed by atoms with Crippen LogP contribution in [0.3, 0.4) is 0 Å². The van der Waals surface area contributed by atoms with Crippen molar-refractivity contribution in [2.24, 2.45) is 5.92 Å². The SMILES string of the molecule is CO[C@@H]1C[C@H]2[C@H]3Cc4ccc(C)c5c4[C@@]2(CCN3C)[C@@H](O5)C1O. The standard InChI is InChI=1S/C19H25NO3/c1-10-4-5-11-8-13-12-9-14(22-3)16(21)18-19(12,6-7-20(13)2)15(11)17(10)23-18/h4-5,12-14,16,18,21H,6-9H2,1-3H3/t12-,13+,14+,16?,18-,19-/m0/s1. The van der Waals surface area contributed by atoms with Gasteiger partial charge in [-0.25, -0.2) is 0 Å². The topological polar surface area (TPSA) is 41.9 Å². The zero-order valence-corrected chi connectivity index (χ0v) is 14.1. The van der Waals surface area contributed by atoms with Gasteiger partial charge >= 0.3 is 0 Å². The molecule has 0 amide bonds. The van der Waals surface area contributed by atoms with Gasteiger partial charge in [0.2, 0.25) is 0 Å². The molecule has 1 spiro atoms. The Balaban J connectivity index is 1.77. The summed E-state index contributed by atoms with van der Waals surface area (Å²) in [6.45, 7) is 3.21. The molecule has 1 aromatic carbocycles. The van der Waals surface area contributed by atoms with Gasteiger partial charge in [0.1, 0.15) is 18.0 Å². The molecule has 2 bridgehead atoms. The van der Waals surface area contributed by atoms with Crippen molar-refractivity contribution in [3.05, 3.63) is 28.8 Å². The largest absolute Gasteiger partial charge is 0.486 e. The Bertz CT molecular complexity index is 675. The van der Waals surface area contributed by atoms with Crippen molar-refractivity contribution in [2.75, 3.05) is 20.7 Å². The monoisotopic (exact) mass is 315 g/mol. The van der Waals surface area contributed by atoms with Gasteiger partial charge in [0.15, 0.2) is 0 Å². The first-order valence-corrected chi connectivity index (χ1v) is 8.78. The van der Waals surface area contributed by atoms with Crippen LogP contribution >= 0.6 is 0 Å². The molecule has 6 atom stereocenters. The third-order valence-corrected chi connectivity index (χ3v) is 7.14. The number of ether oxygens (including phenoxy) is 2. The number of aryl methyl sites for hydroxylation is 1. The fourth-order valence-corrected chi connectivity index (χ4v) is 6.05. The van der Waals surface area contributed by atoms with Crippen molar-refractivity contribution in [2.45, 2.75) is 56.0 Å². The molecule has 2 aliphatic heterocycles. The van der Waals surface area contributed by atoms with E-state index in [1.54, 1.807) is 7.11 Å². The molecule has 1 N–H and O–H groups in total. The van der Waals surface area contributed by atoms with Crippen molar-refractivity contribution in [3.63, 3.8) is 0 Å². The molecule has 23 heavy (non-hydrogen) atoms. The second-order valence-corrected chi connectivity index (χ2v) is 7.93. The highest BCUT2D eigenvalue weighted by Gasteiger charge is 2.67. The molecule has 1 saturated carbocycles. The number of methoxy groups -OCH3 is 1. The first-order chi connectivity index (χ1) is 11.1. The third kappa shape index (κ3) is 1.53. The number of hydrogen-bond donors (Lipinski definition) is 1. The van der Waals surface area contributed by atoms with Crippen LogP contribution in [0.15, 0.2) is 12.1 Å². The third-order valence-electron chi connectivity index (χ3n) is 7.14. The Kier molecular flexibility index (Phi) is 2.79. The Labute approximate surface area is 137 Å². The van der Waals surface area contributed by atoms with Crippen molar-refractivity contribution < 1.29 is 14.6 Å². The summed E-state index contributed by atoms with van der Waals surface area (Å²) in [4.78, 5) is 2.51. The molecule has 4 nitrogen and oxygen atoms in total. The van der Waals surface area contributed by atoms with Crippen molar-refractivity contribution in [1.29, 1.82) is 0 Å². The van der Waals surface area contributed by atoms with Crippen LogP contribution in [0.4, 0.5) is 0 Å². The Morgan fingerprint density at radius 1 is 1.39 bits per heavy atom. The Morgan fingerprint density at radius 3 is 3.00 bits per heavy atom. The van der Waals surface area contributed by atoms with E-state index in [1.165, 1.54) is 16.7 Å². The molecule has 2 heterocycles.